The van der Waals surface area contributed by atoms with E-state index in [9.17, 15) is 21.6 Å². The topological polar surface area (TPSA) is 72.2 Å². The molecule has 2 rings (SSSR count). The SMILES string of the molecule is Cc1cc(F)cc2c1[C@@H](NS(N)(=O)=O)C(F)(F)C2. The Balaban J connectivity index is 2.55. The zero-order valence-corrected chi connectivity index (χ0v) is 10.2. The third kappa shape index (κ3) is 2.36. The Bertz CT molecular complexity index is 601. The van der Waals surface area contributed by atoms with Gasteiger partial charge in [-0.2, -0.15) is 13.1 Å². The molecule has 0 spiro atoms. The fourth-order valence-corrected chi connectivity index (χ4v) is 2.88. The van der Waals surface area contributed by atoms with Crippen molar-refractivity contribution in [3.63, 3.8) is 0 Å². The van der Waals surface area contributed by atoms with Crippen LogP contribution in [0.2, 0.25) is 0 Å². The minimum absolute atomic E-state index is 0.0930. The van der Waals surface area contributed by atoms with E-state index in [1.54, 1.807) is 4.72 Å². The molecular formula is C10H11F3N2O2S. The molecule has 100 valence electrons. The molecule has 0 unspecified atom stereocenters. The van der Waals surface area contributed by atoms with Gasteiger partial charge in [-0.1, -0.05) is 0 Å². The standard InChI is InChI=1S/C10H11F3N2O2S/c1-5-2-7(11)3-6-4-10(12,13)9(8(5)6)15-18(14,16)17/h2-3,9,15H,4H2,1H3,(H2,14,16,17)/t9-/m1/s1. The molecule has 0 saturated heterocycles. The first-order valence-electron chi connectivity index (χ1n) is 5.07. The summed E-state index contributed by atoms with van der Waals surface area (Å²) in [6.07, 6.45) is -0.714. The van der Waals surface area contributed by atoms with E-state index in [1.165, 1.54) is 6.92 Å². The highest BCUT2D eigenvalue weighted by Gasteiger charge is 2.49. The van der Waals surface area contributed by atoms with Crippen molar-refractivity contribution in [2.24, 2.45) is 5.14 Å². The Morgan fingerprint density at radius 2 is 2.06 bits per heavy atom. The van der Waals surface area contributed by atoms with Gasteiger partial charge in [-0.05, 0) is 35.7 Å². The first-order chi connectivity index (χ1) is 8.10. The maximum Gasteiger partial charge on any atom is 0.275 e. The van der Waals surface area contributed by atoms with Gasteiger partial charge in [0.15, 0.2) is 0 Å². The van der Waals surface area contributed by atoms with E-state index in [4.69, 9.17) is 5.14 Å². The number of aryl methyl sites for hydroxylation is 1. The van der Waals surface area contributed by atoms with Crippen molar-refractivity contribution in [1.29, 1.82) is 0 Å². The number of benzene rings is 1. The van der Waals surface area contributed by atoms with Crippen LogP contribution in [0.25, 0.3) is 0 Å². The molecule has 1 aromatic rings. The summed E-state index contributed by atoms with van der Waals surface area (Å²) in [6, 6.07) is 0.321. The maximum atomic E-state index is 13.7. The number of nitrogens with one attached hydrogen (secondary N) is 1. The Hall–Kier alpha value is -1.12. The minimum atomic E-state index is -4.27. The number of nitrogens with two attached hydrogens (primary N) is 1. The number of alkyl halides is 2. The summed E-state index contributed by atoms with van der Waals surface area (Å²) >= 11 is 0. The van der Waals surface area contributed by atoms with Crippen LogP contribution < -0.4 is 9.86 Å². The third-order valence-electron chi connectivity index (χ3n) is 2.86. The van der Waals surface area contributed by atoms with Crippen LogP contribution in [0.5, 0.6) is 0 Å². The van der Waals surface area contributed by atoms with Gasteiger partial charge in [0.05, 0.1) is 0 Å². The van der Waals surface area contributed by atoms with Gasteiger partial charge >= 0.3 is 0 Å². The minimum Gasteiger partial charge on any atom is -0.216 e. The fraction of sp³-hybridized carbons (Fsp3) is 0.400. The number of hydrogen-bond donors (Lipinski definition) is 2. The normalized spacial score (nSPS) is 21.9. The van der Waals surface area contributed by atoms with Crippen LogP contribution in [-0.2, 0) is 16.6 Å². The number of halogens is 3. The molecule has 3 N–H and O–H groups in total. The van der Waals surface area contributed by atoms with Gasteiger partial charge in [0.25, 0.3) is 16.1 Å². The van der Waals surface area contributed by atoms with E-state index < -0.39 is 34.4 Å². The lowest BCUT2D eigenvalue weighted by molar-refractivity contribution is -0.0188. The predicted molar refractivity (Wildman–Crippen MR) is 58.8 cm³/mol. The average molecular weight is 280 g/mol. The molecule has 8 heteroatoms. The monoisotopic (exact) mass is 280 g/mol. The van der Waals surface area contributed by atoms with Crippen LogP contribution in [0.15, 0.2) is 12.1 Å². The van der Waals surface area contributed by atoms with E-state index in [1.807, 2.05) is 0 Å². The molecule has 1 aromatic carbocycles. The Kier molecular flexibility index (Phi) is 2.91. The second kappa shape index (κ2) is 3.94. The van der Waals surface area contributed by atoms with E-state index in [0.717, 1.165) is 12.1 Å². The zero-order valence-electron chi connectivity index (χ0n) is 9.38. The van der Waals surface area contributed by atoms with Crippen LogP contribution in [0, 0.1) is 12.7 Å². The molecule has 0 saturated carbocycles. The predicted octanol–water partition coefficient (Wildman–Crippen LogP) is 1.16. The molecule has 0 aliphatic heterocycles. The average Bonchev–Trinajstić information content (AvgIpc) is 2.34. The van der Waals surface area contributed by atoms with E-state index in [2.05, 4.69) is 0 Å². The summed E-state index contributed by atoms with van der Waals surface area (Å²) in [4.78, 5) is 0. The summed E-state index contributed by atoms with van der Waals surface area (Å²) in [5.74, 6) is -3.95. The van der Waals surface area contributed by atoms with Crippen molar-refractivity contribution in [2.75, 3.05) is 0 Å². The lowest BCUT2D eigenvalue weighted by Gasteiger charge is -2.20. The quantitative estimate of drug-likeness (QED) is 0.853. The maximum absolute atomic E-state index is 13.7. The lowest BCUT2D eigenvalue weighted by atomic mass is 10.0. The molecule has 1 aliphatic carbocycles. The Morgan fingerprint density at radius 1 is 1.44 bits per heavy atom. The molecule has 1 aliphatic rings. The van der Waals surface area contributed by atoms with Crippen LogP contribution >= 0.6 is 0 Å². The molecule has 0 aromatic heterocycles. The van der Waals surface area contributed by atoms with Gasteiger partial charge < -0.3 is 0 Å². The molecule has 0 heterocycles. The second-order valence-electron chi connectivity index (χ2n) is 4.33. The number of hydrogen-bond acceptors (Lipinski definition) is 2. The van der Waals surface area contributed by atoms with E-state index in [0.29, 0.717) is 0 Å². The highest BCUT2D eigenvalue weighted by atomic mass is 32.2. The molecule has 0 bridgehead atoms. The zero-order chi connectivity index (χ0) is 13.7. The Morgan fingerprint density at radius 3 is 2.61 bits per heavy atom. The van der Waals surface area contributed by atoms with Gasteiger partial charge in [0, 0.05) is 6.42 Å². The van der Waals surface area contributed by atoms with Crippen LogP contribution in [0.3, 0.4) is 0 Å². The molecule has 18 heavy (non-hydrogen) atoms. The molecule has 0 radical (unpaired) electrons. The summed E-state index contributed by atoms with van der Waals surface area (Å²) in [5.41, 5.74) is 0.456. The van der Waals surface area contributed by atoms with Gasteiger partial charge in [-0.3, -0.25) is 0 Å². The largest absolute Gasteiger partial charge is 0.275 e. The fourth-order valence-electron chi connectivity index (χ4n) is 2.26. The molecule has 0 fully saturated rings. The van der Waals surface area contributed by atoms with Crippen molar-refractivity contribution >= 4 is 10.2 Å². The Labute approximate surface area is 102 Å². The third-order valence-corrected chi connectivity index (χ3v) is 3.42. The summed E-state index contributed by atoms with van der Waals surface area (Å²) in [5, 5.41) is 4.73. The first-order valence-corrected chi connectivity index (χ1v) is 6.61. The van der Waals surface area contributed by atoms with E-state index in [-0.39, 0.29) is 16.7 Å². The molecule has 1 atom stereocenters. The van der Waals surface area contributed by atoms with Gasteiger partial charge in [0.2, 0.25) is 0 Å². The van der Waals surface area contributed by atoms with Crippen molar-refractivity contribution < 1.29 is 21.6 Å². The van der Waals surface area contributed by atoms with Crippen molar-refractivity contribution in [2.45, 2.75) is 25.3 Å². The number of rotatable bonds is 2. The molecular weight excluding hydrogens is 269 g/mol. The number of fused-ring (bicyclic) bond motifs is 1. The smallest absolute Gasteiger partial charge is 0.216 e. The van der Waals surface area contributed by atoms with Crippen molar-refractivity contribution in [3.8, 4) is 0 Å². The molecule has 0 amide bonds. The summed E-state index contributed by atoms with van der Waals surface area (Å²) in [6.45, 7) is 1.45. The van der Waals surface area contributed by atoms with E-state index >= 15 is 0 Å². The highest BCUT2D eigenvalue weighted by molar-refractivity contribution is 7.87. The van der Waals surface area contributed by atoms with Gasteiger partial charge in [-0.15, -0.1) is 0 Å². The van der Waals surface area contributed by atoms with Crippen LogP contribution in [0.1, 0.15) is 22.7 Å². The van der Waals surface area contributed by atoms with Crippen molar-refractivity contribution in [3.05, 3.63) is 34.6 Å². The van der Waals surface area contributed by atoms with Gasteiger partial charge in [-0.25, -0.2) is 18.3 Å². The second-order valence-corrected chi connectivity index (χ2v) is 5.65. The lowest BCUT2D eigenvalue weighted by Crippen LogP contribution is -2.41. The van der Waals surface area contributed by atoms with Crippen molar-refractivity contribution in [1.82, 2.24) is 4.72 Å². The summed E-state index contributed by atoms with van der Waals surface area (Å²) < 4.78 is 64.2. The van der Waals surface area contributed by atoms with Gasteiger partial charge in [0.1, 0.15) is 11.9 Å². The summed E-state index contributed by atoms with van der Waals surface area (Å²) in [7, 11) is -4.27. The van der Waals surface area contributed by atoms with Crippen LogP contribution in [-0.4, -0.2) is 14.3 Å². The van der Waals surface area contributed by atoms with Crippen LogP contribution in [0.4, 0.5) is 13.2 Å². The highest BCUT2D eigenvalue weighted by Crippen LogP contribution is 2.45. The first kappa shape index (κ1) is 13.3. The molecule has 4 nitrogen and oxygen atoms in total.